The molecule has 0 spiro atoms. The highest BCUT2D eigenvalue weighted by molar-refractivity contribution is 5.50. The molecule has 1 aliphatic heterocycles. The third-order valence-corrected chi connectivity index (χ3v) is 5.70. The fraction of sp³-hybridized carbons (Fsp3) is 0.321. The van der Waals surface area contributed by atoms with Crippen molar-refractivity contribution < 1.29 is 23.7 Å². The molecule has 5 heteroatoms. The van der Waals surface area contributed by atoms with Gasteiger partial charge in [0.15, 0.2) is 0 Å². The lowest BCUT2D eigenvalue weighted by atomic mass is 10.1. The molecule has 5 nitrogen and oxygen atoms in total. The maximum atomic E-state index is 11.4. The molecule has 0 bridgehead atoms. The lowest BCUT2D eigenvalue weighted by molar-refractivity contribution is -0.113. The Morgan fingerprint density at radius 2 is 1.09 bits per heavy atom. The van der Waals surface area contributed by atoms with E-state index >= 15 is 0 Å². The maximum absolute atomic E-state index is 11.4. The quantitative estimate of drug-likeness (QED) is 0.377. The van der Waals surface area contributed by atoms with Gasteiger partial charge in [0.1, 0.15) is 24.6 Å². The zero-order chi connectivity index (χ0) is 22.7. The Morgan fingerprint density at radius 1 is 0.636 bits per heavy atom. The van der Waals surface area contributed by atoms with E-state index in [4.69, 9.17) is 18.9 Å². The highest BCUT2D eigenvalue weighted by Crippen LogP contribution is 2.30. The highest BCUT2D eigenvalue weighted by atomic mass is 16.6. The largest absolute Gasteiger partial charge is 0.374 e. The summed E-state index contributed by atoms with van der Waals surface area (Å²) in [7, 11) is 0. The standard InChI is InChI=1S/C28H30O5/c29-17-16-25-27(31-19-23-12-6-2-7-13-23)28(32-20-24-14-8-3-9-15-24)26(33-25)21-30-18-22-10-4-1-5-11-22/h1-15,17,25-28H,16,18-21H2/t25-,26+,27+,28+/m0/s1. The highest BCUT2D eigenvalue weighted by Gasteiger charge is 2.46. The number of benzene rings is 3. The summed E-state index contributed by atoms with van der Waals surface area (Å²) < 4.78 is 24.8. The summed E-state index contributed by atoms with van der Waals surface area (Å²) in [4.78, 5) is 11.4. The van der Waals surface area contributed by atoms with E-state index < -0.39 is 0 Å². The molecule has 0 radical (unpaired) electrons. The Bertz CT molecular complexity index is 948. The number of carbonyl (C=O) groups is 1. The average molecular weight is 447 g/mol. The van der Waals surface area contributed by atoms with Gasteiger partial charge in [-0.3, -0.25) is 0 Å². The molecule has 1 aliphatic rings. The fourth-order valence-electron chi connectivity index (χ4n) is 4.03. The van der Waals surface area contributed by atoms with Crippen LogP contribution in [0.5, 0.6) is 0 Å². The van der Waals surface area contributed by atoms with Crippen LogP contribution in [-0.2, 0) is 43.6 Å². The van der Waals surface area contributed by atoms with E-state index in [2.05, 4.69) is 0 Å². The van der Waals surface area contributed by atoms with Crippen molar-refractivity contribution in [3.8, 4) is 0 Å². The third kappa shape index (κ3) is 6.83. The lowest BCUT2D eigenvalue weighted by Crippen LogP contribution is -2.39. The monoisotopic (exact) mass is 446 g/mol. The zero-order valence-electron chi connectivity index (χ0n) is 18.6. The Hall–Kier alpha value is -2.83. The predicted octanol–water partition coefficient (Wildman–Crippen LogP) is 4.73. The van der Waals surface area contributed by atoms with Gasteiger partial charge in [-0.1, -0.05) is 91.0 Å². The number of ether oxygens (including phenoxy) is 4. The molecule has 0 unspecified atom stereocenters. The molecule has 0 aromatic heterocycles. The first kappa shape index (κ1) is 23.3. The van der Waals surface area contributed by atoms with Gasteiger partial charge >= 0.3 is 0 Å². The van der Waals surface area contributed by atoms with Gasteiger partial charge in [0.05, 0.1) is 32.5 Å². The minimum absolute atomic E-state index is 0.250. The van der Waals surface area contributed by atoms with E-state index in [9.17, 15) is 4.79 Å². The lowest BCUT2D eigenvalue weighted by Gasteiger charge is -2.25. The second-order valence-electron chi connectivity index (χ2n) is 8.14. The van der Waals surface area contributed by atoms with Gasteiger partial charge < -0.3 is 23.7 Å². The van der Waals surface area contributed by atoms with E-state index in [0.717, 1.165) is 23.0 Å². The van der Waals surface area contributed by atoms with Crippen LogP contribution in [0.4, 0.5) is 0 Å². The van der Waals surface area contributed by atoms with Crippen molar-refractivity contribution in [2.75, 3.05) is 6.61 Å². The Kier molecular flexibility index (Phi) is 8.78. The van der Waals surface area contributed by atoms with E-state index in [-0.39, 0.29) is 30.8 Å². The molecule has 0 saturated carbocycles. The van der Waals surface area contributed by atoms with Gasteiger partial charge in [0.2, 0.25) is 0 Å². The van der Waals surface area contributed by atoms with E-state index in [1.54, 1.807) is 0 Å². The molecular weight excluding hydrogens is 416 g/mol. The molecule has 0 amide bonds. The summed E-state index contributed by atoms with van der Waals surface area (Å²) >= 11 is 0. The number of hydrogen-bond acceptors (Lipinski definition) is 5. The molecule has 33 heavy (non-hydrogen) atoms. The first-order valence-corrected chi connectivity index (χ1v) is 11.4. The summed E-state index contributed by atoms with van der Waals surface area (Å²) in [5.41, 5.74) is 3.23. The van der Waals surface area contributed by atoms with E-state index in [1.165, 1.54) is 0 Å². The molecule has 3 aromatic rings. The van der Waals surface area contributed by atoms with Gasteiger partial charge in [-0.2, -0.15) is 0 Å². The van der Waals surface area contributed by atoms with Crippen molar-refractivity contribution >= 4 is 6.29 Å². The van der Waals surface area contributed by atoms with Gasteiger partial charge in [0.25, 0.3) is 0 Å². The molecule has 3 aromatic carbocycles. The van der Waals surface area contributed by atoms with E-state index in [0.29, 0.717) is 26.4 Å². The Labute approximate surface area is 195 Å². The number of aldehydes is 1. The van der Waals surface area contributed by atoms with Gasteiger partial charge in [-0.05, 0) is 16.7 Å². The van der Waals surface area contributed by atoms with Crippen molar-refractivity contribution in [3.63, 3.8) is 0 Å². The van der Waals surface area contributed by atoms with Crippen LogP contribution in [0.1, 0.15) is 23.1 Å². The molecule has 4 atom stereocenters. The SMILES string of the molecule is O=CC[C@@H]1O[C@H](COCc2ccccc2)[C@@H](OCc2ccccc2)[C@@H]1OCc1ccccc1. The van der Waals surface area contributed by atoms with Crippen LogP contribution in [-0.4, -0.2) is 37.3 Å². The molecule has 1 fully saturated rings. The first-order chi connectivity index (χ1) is 16.3. The van der Waals surface area contributed by atoms with Crippen molar-refractivity contribution in [3.05, 3.63) is 108 Å². The Morgan fingerprint density at radius 3 is 1.58 bits per heavy atom. The van der Waals surface area contributed by atoms with Crippen LogP contribution >= 0.6 is 0 Å². The second-order valence-corrected chi connectivity index (χ2v) is 8.14. The summed E-state index contributed by atoms with van der Waals surface area (Å²) in [6.45, 7) is 1.70. The van der Waals surface area contributed by atoms with Crippen molar-refractivity contribution in [2.24, 2.45) is 0 Å². The van der Waals surface area contributed by atoms with Crippen LogP contribution in [0, 0.1) is 0 Å². The van der Waals surface area contributed by atoms with Crippen LogP contribution in [0.3, 0.4) is 0 Å². The molecular formula is C28H30O5. The fourth-order valence-corrected chi connectivity index (χ4v) is 4.03. The summed E-state index contributed by atoms with van der Waals surface area (Å²) in [5, 5.41) is 0. The van der Waals surface area contributed by atoms with Crippen LogP contribution in [0.2, 0.25) is 0 Å². The number of hydrogen-bond donors (Lipinski definition) is 0. The molecule has 1 saturated heterocycles. The second kappa shape index (κ2) is 12.4. The summed E-state index contributed by atoms with van der Waals surface area (Å²) in [5.74, 6) is 0. The summed E-state index contributed by atoms with van der Waals surface area (Å²) in [6, 6.07) is 30.0. The zero-order valence-corrected chi connectivity index (χ0v) is 18.6. The Balaban J connectivity index is 1.45. The van der Waals surface area contributed by atoms with Gasteiger partial charge in [-0.15, -0.1) is 0 Å². The van der Waals surface area contributed by atoms with E-state index in [1.807, 2.05) is 91.0 Å². The predicted molar refractivity (Wildman–Crippen MR) is 125 cm³/mol. The van der Waals surface area contributed by atoms with Crippen molar-refractivity contribution in [1.29, 1.82) is 0 Å². The van der Waals surface area contributed by atoms with Crippen molar-refractivity contribution in [1.82, 2.24) is 0 Å². The smallest absolute Gasteiger partial charge is 0.122 e. The molecule has 1 heterocycles. The van der Waals surface area contributed by atoms with Crippen LogP contribution in [0.15, 0.2) is 91.0 Å². The number of rotatable bonds is 12. The molecule has 172 valence electrons. The minimum Gasteiger partial charge on any atom is -0.374 e. The molecule has 0 aliphatic carbocycles. The van der Waals surface area contributed by atoms with Crippen LogP contribution < -0.4 is 0 Å². The molecule has 0 N–H and O–H groups in total. The molecule has 4 rings (SSSR count). The first-order valence-electron chi connectivity index (χ1n) is 11.4. The average Bonchev–Trinajstić information content (AvgIpc) is 3.19. The van der Waals surface area contributed by atoms with Crippen LogP contribution in [0.25, 0.3) is 0 Å². The van der Waals surface area contributed by atoms with Gasteiger partial charge in [0, 0.05) is 6.42 Å². The topological polar surface area (TPSA) is 54.0 Å². The number of carbonyl (C=O) groups excluding carboxylic acids is 1. The summed E-state index contributed by atoms with van der Waals surface area (Å²) in [6.07, 6.45) is -0.301. The third-order valence-electron chi connectivity index (χ3n) is 5.70. The van der Waals surface area contributed by atoms with Gasteiger partial charge in [-0.25, -0.2) is 0 Å². The maximum Gasteiger partial charge on any atom is 0.122 e. The van der Waals surface area contributed by atoms with Crippen molar-refractivity contribution in [2.45, 2.75) is 50.7 Å². The minimum atomic E-state index is -0.377. The normalized spacial score (nSPS) is 22.3.